The van der Waals surface area contributed by atoms with Gasteiger partial charge in [-0.05, 0) is 24.3 Å². The SMILES string of the molecule is CNc1c(Cl)cc(Sc2c(Cl)cccc2Cl)cc1Cl. The van der Waals surface area contributed by atoms with E-state index in [-0.39, 0.29) is 0 Å². The van der Waals surface area contributed by atoms with Gasteiger partial charge in [0.25, 0.3) is 0 Å². The van der Waals surface area contributed by atoms with Crippen LogP contribution < -0.4 is 5.32 Å². The second-order valence-electron chi connectivity index (χ2n) is 3.66. The molecular formula is C13H9Cl4NS. The highest BCUT2D eigenvalue weighted by atomic mass is 35.5. The Morgan fingerprint density at radius 1 is 0.895 bits per heavy atom. The molecule has 0 amide bonds. The number of nitrogens with one attached hydrogen (secondary N) is 1. The second-order valence-corrected chi connectivity index (χ2v) is 6.38. The summed E-state index contributed by atoms with van der Waals surface area (Å²) in [6, 6.07) is 9.04. The van der Waals surface area contributed by atoms with E-state index >= 15 is 0 Å². The van der Waals surface area contributed by atoms with E-state index in [9.17, 15) is 0 Å². The molecule has 0 unspecified atom stereocenters. The number of hydrogen-bond donors (Lipinski definition) is 1. The van der Waals surface area contributed by atoms with Crippen LogP contribution in [0.2, 0.25) is 20.1 Å². The Balaban J connectivity index is 2.39. The molecule has 1 N–H and O–H groups in total. The summed E-state index contributed by atoms with van der Waals surface area (Å²) >= 11 is 26.0. The fraction of sp³-hybridized carbons (Fsp3) is 0.0769. The van der Waals surface area contributed by atoms with Gasteiger partial charge in [-0.25, -0.2) is 0 Å². The zero-order valence-corrected chi connectivity index (χ0v) is 13.6. The Hall–Kier alpha value is -0.250. The van der Waals surface area contributed by atoms with Gasteiger partial charge in [0.1, 0.15) is 0 Å². The Morgan fingerprint density at radius 3 is 1.89 bits per heavy atom. The molecule has 0 aliphatic rings. The molecule has 6 heteroatoms. The highest BCUT2D eigenvalue weighted by Crippen LogP contribution is 2.42. The molecular weight excluding hydrogens is 344 g/mol. The van der Waals surface area contributed by atoms with Crippen molar-refractivity contribution in [2.24, 2.45) is 0 Å². The first kappa shape index (κ1) is 15.1. The number of halogens is 4. The molecule has 0 aliphatic heterocycles. The van der Waals surface area contributed by atoms with Crippen molar-refractivity contribution >= 4 is 63.9 Å². The van der Waals surface area contributed by atoms with Gasteiger partial charge in [-0.3, -0.25) is 0 Å². The average molecular weight is 353 g/mol. The van der Waals surface area contributed by atoms with Crippen LogP contribution in [0.1, 0.15) is 0 Å². The number of anilines is 1. The van der Waals surface area contributed by atoms with Gasteiger partial charge in [0.15, 0.2) is 0 Å². The highest BCUT2D eigenvalue weighted by molar-refractivity contribution is 7.99. The zero-order valence-electron chi connectivity index (χ0n) is 9.81. The van der Waals surface area contributed by atoms with E-state index in [0.29, 0.717) is 25.8 Å². The fourth-order valence-corrected chi connectivity index (χ4v) is 3.90. The summed E-state index contributed by atoms with van der Waals surface area (Å²) in [5, 5.41) is 5.26. The van der Waals surface area contributed by atoms with Gasteiger partial charge >= 0.3 is 0 Å². The molecule has 0 bridgehead atoms. The average Bonchev–Trinajstić information content (AvgIpc) is 2.34. The van der Waals surface area contributed by atoms with E-state index in [1.807, 2.05) is 12.1 Å². The van der Waals surface area contributed by atoms with E-state index < -0.39 is 0 Å². The minimum atomic E-state index is 0.556. The third kappa shape index (κ3) is 3.45. The van der Waals surface area contributed by atoms with Crippen LogP contribution in [0.25, 0.3) is 0 Å². The van der Waals surface area contributed by atoms with Crippen molar-refractivity contribution in [2.75, 3.05) is 12.4 Å². The van der Waals surface area contributed by atoms with Crippen molar-refractivity contribution in [3.05, 3.63) is 50.4 Å². The molecule has 19 heavy (non-hydrogen) atoms. The van der Waals surface area contributed by atoms with Crippen molar-refractivity contribution < 1.29 is 0 Å². The number of rotatable bonds is 3. The van der Waals surface area contributed by atoms with Gasteiger partial charge < -0.3 is 5.32 Å². The van der Waals surface area contributed by atoms with E-state index in [4.69, 9.17) is 46.4 Å². The van der Waals surface area contributed by atoms with E-state index in [0.717, 1.165) is 9.79 Å². The summed E-state index contributed by atoms with van der Waals surface area (Å²) in [4.78, 5) is 1.67. The number of hydrogen-bond acceptors (Lipinski definition) is 2. The Bertz CT molecular complexity index is 572. The molecule has 0 radical (unpaired) electrons. The van der Waals surface area contributed by atoms with Crippen molar-refractivity contribution in [1.29, 1.82) is 0 Å². The summed E-state index contributed by atoms with van der Waals surface area (Å²) in [6.45, 7) is 0. The fourth-order valence-electron chi connectivity index (χ4n) is 1.55. The van der Waals surface area contributed by atoms with Crippen LogP contribution in [0.3, 0.4) is 0 Å². The lowest BCUT2D eigenvalue weighted by Crippen LogP contribution is -1.91. The number of benzene rings is 2. The normalized spacial score (nSPS) is 10.6. The quantitative estimate of drug-likeness (QED) is 0.677. The smallest absolute Gasteiger partial charge is 0.0717 e. The van der Waals surface area contributed by atoms with Crippen LogP contribution in [0.15, 0.2) is 40.1 Å². The molecule has 0 saturated carbocycles. The molecule has 0 aliphatic carbocycles. The Labute approximate surface area is 136 Å². The first-order chi connectivity index (χ1) is 9.02. The van der Waals surface area contributed by atoms with E-state index in [1.165, 1.54) is 11.8 Å². The van der Waals surface area contributed by atoms with Crippen LogP contribution >= 0.6 is 58.2 Å². The maximum absolute atomic E-state index is 6.15. The first-order valence-electron chi connectivity index (χ1n) is 5.31. The molecule has 0 atom stereocenters. The summed E-state index contributed by atoms with van der Waals surface area (Å²) in [7, 11) is 1.77. The molecule has 100 valence electrons. The molecule has 0 saturated heterocycles. The summed E-state index contributed by atoms with van der Waals surface area (Å²) in [5.74, 6) is 0. The third-order valence-corrected chi connectivity index (χ3v) is 4.97. The standard InChI is InChI=1S/C13H9Cl4NS/c1-18-12-10(16)5-7(6-11(12)17)19-13-8(14)3-2-4-9(13)15/h2-6,18H,1H3. The van der Waals surface area contributed by atoms with Gasteiger partial charge in [0.2, 0.25) is 0 Å². The van der Waals surface area contributed by atoms with Gasteiger partial charge in [-0.1, -0.05) is 64.2 Å². The van der Waals surface area contributed by atoms with Gasteiger partial charge in [0, 0.05) is 16.8 Å². The predicted octanol–water partition coefficient (Wildman–Crippen LogP) is 6.49. The maximum Gasteiger partial charge on any atom is 0.0717 e. The molecule has 0 aromatic heterocycles. The van der Waals surface area contributed by atoms with E-state index in [1.54, 1.807) is 25.2 Å². The molecule has 1 nitrogen and oxygen atoms in total. The monoisotopic (exact) mass is 351 g/mol. The third-order valence-electron chi connectivity index (χ3n) is 2.40. The summed E-state index contributed by atoms with van der Waals surface area (Å²) < 4.78 is 0. The largest absolute Gasteiger partial charge is 0.386 e. The van der Waals surface area contributed by atoms with Crippen molar-refractivity contribution in [1.82, 2.24) is 0 Å². The Morgan fingerprint density at radius 2 is 1.42 bits per heavy atom. The zero-order chi connectivity index (χ0) is 14.0. The molecule has 2 aromatic rings. The van der Waals surface area contributed by atoms with Gasteiger partial charge in [0.05, 0.1) is 25.8 Å². The van der Waals surface area contributed by atoms with Crippen molar-refractivity contribution in [3.8, 4) is 0 Å². The lowest BCUT2D eigenvalue weighted by atomic mass is 10.3. The molecule has 2 rings (SSSR count). The van der Waals surface area contributed by atoms with Gasteiger partial charge in [-0.2, -0.15) is 0 Å². The topological polar surface area (TPSA) is 12.0 Å². The summed E-state index contributed by atoms with van der Waals surface area (Å²) in [5.41, 5.74) is 0.706. The predicted molar refractivity (Wildman–Crippen MR) is 86.6 cm³/mol. The van der Waals surface area contributed by atoms with Crippen LogP contribution in [0.4, 0.5) is 5.69 Å². The van der Waals surface area contributed by atoms with Crippen molar-refractivity contribution in [2.45, 2.75) is 9.79 Å². The molecule has 0 spiro atoms. The van der Waals surface area contributed by atoms with Crippen LogP contribution in [-0.2, 0) is 0 Å². The van der Waals surface area contributed by atoms with Crippen LogP contribution in [-0.4, -0.2) is 7.05 Å². The lowest BCUT2D eigenvalue weighted by molar-refractivity contribution is 1.39. The molecule has 0 fully saturated rings. The highest BCUT2D eigenvalue weighted by Gasteiger charge is 2.11. The van der Waals surface area contributed by atoms with Crippen LogP contribution in [0.5, 0.6) is 0 Å². The van der Waals surface area contributed by atoms with E-state index in [2.05, 4.69) is 5.32 Å². The minimum Gasteiger partial charge on any atom is -0.386 e. The van der Waals surface area contributed by atoms with Crippen LogP contribution in [0, 0.1) is 0 Å². The minimum absolute atomic E-state index is 0.556. The molecule has 0 heterocycles. The second kappa shape index (κ2) is 6.47. The Kier molecular flexibility index (Phi) is 5.15. The van der Waals surface area contributed by atoms with Crippen molar-refractivity contribution in [3.63, 3.8) is 0 Å². The molecule has 2 aromatic carbocycles. The maximum atomic E-state index is 6.15. The van der Waals surface area contributed by atoms with Gasteiger partial charge in [-0.15, -0.1) is 0 Å². The first-order valence-corrected chi connectivity index (χ1v) is 7.64. The summed E-state index contributed by atoms with van der Waals surface area (Å²) in [6.07, 6.45) is 0. The lowest BCUT2D eigenvalue weighted by Gasteiger charge is -2.10.